The second kappa shape index (κ2) is 9.05. The minimum atomic E-state index is -2.97. The number of ether oxygens (including phenoxy) is 1. The molecule has 0 saturated carbocycles. The van der Waals surface area contributed by atoms with Crippen molar-refractivity contribution < 1.29 is 13.2 Å². The van der Waals surface area contributed by atoms with Gasteiger partial charge in [-0.2, -0.15) is 0 Å². The van der Waals surface area contributed by atoms with Crippen molar-refractivity contribution in [2.75, 3.05) is 24.7 Å². The number of benzene rings is 1. The van der Waals surface area contributed by atoms with Crippen LogP contribution in [-0.2, 0) is 9.84 Å². The first-order chi connectivity index (χ1) is 10.0. The Kier molecular flexibility index (Phi) is 7.75. The molecule has 0 amide bonds. The summed E-state index contributed by atoms with van der Waals surface area (Å²) in [6.07, 6.45) is 1.68. The van der Waals surface area contributed by atoms with Crippen LogP contribution in [0.15, 0.2) is 24.3 Å². The molecule has 0 aromatic heterocycles. The van der Waals surface area contributed by atoms with Crippen LogP contribution < -0.4 is 10.1 Å². The van der Waals surface area contributed by atoms with Gasteiger partial charge < -0.3 is 10.1 Å². The standard InChI is InChI=1S/C16H27NO3S/c1-4-12-21(18,19)13-11-20-15-9-7-14(8-10-15)16(5-2)17-6-3/h7-10,16-17H,4-6,11-13H2,1-3H3. The van der Waals surface area contributed by atoms with Gasteiger partial charge in [0.05, 0.1) is 11.5 Å². The molecule has 0 fully saturated rings. The van der Waals surface area contributed by atoms with Crippen LogP contribution in [0, 0.1) is 0 Å². The molecule has 5 heteroatoms. The minimum Gasteiger partial charge on any atom is -0.493 e. The highest BCUT2D eigenvalue weighted by Gasteiger charge is 2.10. The lowest BCUT2D eigenvalue weighted by molar-refractivity contribution is 0.340. The normalized spacial score (nSPS) is 13.1. The fourth-order valence-electron chi connectivity index (χ4n) is 2.24. The third kappa shape index (κ3) is 6.48. The Labute approximate surface area is 128 Å². The van der Waals surface area contributed by atoms with Gasteiger partial charge in [0.1, 0.15) is 12.4 Å². The highest BCUT2D eigenvalue weighted by Crippen LogP contribution is 2.20. The molecule has 1 aromatic rings. The van der Waals surface area contributed by atoms with Gasteiger partial charge in [0, 0.05) is 6.04 Å². The van der Waals surface area contributed by atoms with E-state index >= 15 is 0 Å². The van der Waals surface area contributed by atoms with Gasteiger partial charge in [0.15, 0.2) is 9.84 Å². The summed E-state index contributed by atoms with van der Waals surface area (Å²) in [4.78, 5) is 0. The smallest absolute Gasteiger partial charge is 0.153 e. The van der Waals surface area contributed by atoms with Crippen LogP contribution in [0.5, 0.6) is 5.75 Å². The number of hydrogen-bond acceptors (Lipinski definition) is 4. The monoisotopic (exact) mass is 313 g/mol. The second-order valence-corrected chi connectivity index (χ2v) is 7.39. The van der Waals surface area contributed by atoms with Crippen molar-refractivity contribution in [3.05, 3.63) is 29.8 Å². The largest absolute Gasteiger partial charge is 0.493 e. The molecule has 1 rings (SSSR count). The summed E-state index contributed by atoms with van der Waals surface area (Å²) >= 11 is 0. The summed E-state index contributed by atoms with van der Waals surface area (Å²) in [7, 11) is -2.97. The Morgan fingerprint density at radius 3 is 2.29 bits per heavy atom. The SMILES string of the molecule is CCCS(=O)(=O)CCOc1ccc(C(CC)NCC)cc1. The van der Waals surface area contributed by atoms with E-state index in [0.717, 1.165) is 18.7 Å². The van der Waals surface area contributed by atoms with Gasteiger partial charge in [-0.05, 0) is 37.1 Å². The molecule has 1 N–H and O–H groups in total. The summed E-state index contributed by atoms with van der Waals surface area (Å²) in [6.45, 7) is 7.26. The predicted octanol–water partition coefficient (Wildman–Crippen LogP) is 2.95. The molecule has 1 unspecified atom stereocenters. The fourth-order valence-corrected chi connectivity index (χ4v) is 3.40. The molecule has 1 aromatic carbocycles. The summed E-state index contributed by atoms with van der Waals surface area (Å²) in [5.74, 6) is 1.03. The Balaban J connectivity index is 2.51. The molecule has 0 saturated heterocycles. The van der Waals surface area contributed by atoms with E-state index in [4.69, 9.17) is 4.74 Å². The third-order valence-corrected chi connectivity index (χ3v) is 5.14. The topological polar surface area (TPSA) is 55.4 Å². The Morgan fingerprint density at radius 1 is 1.10 bits per heavy atom. The van der Waals surface area contributed by atoms with E-state index in [1.54, 1.807) is 0 Å². The van der Waals surface area contributed by atoms with Gasteiger partial charge in [0.25, 0.3) is 0 Å². The van der Waals surface area contributed by atoms with E-state index < -0.39 is 9.84 Å². The van der Waals surface area contributed by atoms with Crippen molar-refractivity contribution in [1.82, 2.24) is 5.32 Å². The molecule has 0 aliphatic rings. The molecular formula is C16H27NO3S. The van der Waals surface area contributed by atoms with E-state index in [2.05, 4.69) is 19.2 Å². The maximum absolute atomic E-state index is 11.6. The molecule has 120 valence electrons. The van der Waals surface area contributed by atoms with E-state index in [-0.39, 0.29) is 18.1 Å². The fraction of sp³-hybridized carbons (Fsp3) is 0.625. The Bertz CT molecular complexity index is 497. The molecule has 1 atom stereocenters. The first-order valence-corrected chi connectivity index (χ1v) is 9.51. The van der Waals surface area contributed by atoms with Crippen LogP contribution in [0.1, 0.15) is 45.2 Å². The van der Waals surface area contributed by atoms with Crippen LogP contribution in [0.3, 0.4) is 0 Å². The number of nitrogens with one attached hydrogen (secondary N) is 1. The van der Waals surface area contributed by atoms with E-state index in [9.17, 15) is 8.42 Å². The Morgan fingerprint density at radius 2 is 1.76 bits per heavy atom. The quantitative estimate of drug-likeness (QED) is 0.721. The molecule has 0 heterocycles. The van der Waals surface area contributed by atoms with E-state index in [1.807, 2.05) is 31.2 Å². The van der Waals surface area contributed by atoms with Crippen LogP contribution in [-0.4, -0.2) is 33.1 Å². The number of sulfone groups is 1. The van der Waals surface area contributed by atoms with Gasteiger partial charge in [-0.15, -0.1) is 0 Å². The summed E-state index contributed by atoms with van der Waals surface area (Å²) in [5.41, 5.74) is 1.23. The maximum Gasteiger partial charge on any atom is 0.153 e. The first-order valence-electron chi connectivity index (χ1n) is 7.69. The van der Waals surface area contributed by atoms with Crippen LogP contribution >= 0.6 is 0 Å². The van der Waals surface area contributed by atoms with Crippen molar-refractivity contribution in [3.63, 3.8) is 0 Å². The van der Waals surface area contributed by atoms with Gasteiger partial charge in [-0.1, -0.05) is 32.9 Å². The van der Waals surface area contributed by atoms with Crippen molar-refractivity contribution in [1.29, 1.82) is 0 Å². The van der Waals surface area contributed by atoms with Crippen molar-refractivity contribution in [3.8, 4) is 5.75 Å². The lowest BCUT2D eigenvalue weighted by atomic mass is 10.0. The van der Waals surface area contributed by atoms with Crippen molar-refractivity contribution in [2.24, 2.45) is 0 Å². The zero-order chi connectivity index (χ0) is 15.7. The maximum atomic E-state index is 11.6. The van der Waals surface area contributed by atoms with E-state index in [0.29, 0.717) is 12.5 Å². The number of rotatable bonds is 10. The summed E-state index contributed by atoms with van der Waals surface area (Å²) in [5, 5.41) is 3.43. The van der Waals surface area contributed by atoms with Gasteiger partial charge >= 0.3 is 0 Å². The highest BCUT2D eigenvalue weighted by atomic mass is 32.2. The lowest BCUT2D eigenvalue weighted by Gasteiger charge is -2.16. The van der Waals surface area contributed by atoms with Gasteiger partial charge in [-0.3, -0.25) is 0 Å². The molecule has 0 aliphatic heterocycles. The van der Waals surface area contributed by atoms with Gasteiger partial charge in [0.2, 0.25) is 0 Å². The zero-order valence-electron chi connectivity index (χ0n) is 13.3. The second-order valence-electron chi connectivity index (χ2n) is 5.09. The molecular weight excluding hydrogens is 286 g/mol. The summed E-state index contributed by atoms with van der Waals surface area (Å²) < 4.78 is 28.7. The zero-order valence-corrected chi connectivity index (χ0v) is 14.1. The molecule has 0 spiro atoms. The third-order valence-electron chi connectivity index (χ3n) is 3.32. The van der Waals surface area contributed by atoms with Crippen molar-refractivity contribution >= 4 is 9.84 Å². The van der Waals surface area contributed by atoms with Crippen LogP contribution in [0.2, 0.25) is 0 Å². The Hall–Kier alpha value is -1.07. The molecule has 4 nitrogen and oxygen atoms in total. The van der Waals surface area contributed by atoms with Gasteiger partial charge in [-0.25, -0.2) is 8.42 Å². The first kappa shape index (κ1) is 18.0. The predicted molar refractivity (Wildman–Crippen MR) is 87.6 cm³/mol. The molecule has 0 aliphatic carbocycles. The molecule has 0 bridgehead atoms. The van der Waals surface area contributed by atoms with E-state index in [1.165, 1.54) is 5.56 Å². The number of hydrogen-bond donors (Lipinski definition) is 1. The average molecular weight is 313 g/mol. The minimum absolute atomic E-state index is 0.0809. The van der Waals surface area contributed by atoms with Crippen LogP contribution in [0.4, 0.5) is 0 Å². The van der Waals surface area contributed by atoms with Crippen LogP contribution in [0.25, 0.3) is 0 Å². The average Bonchev–Trinajstić information content (AvgIpc) is 2.45. The summed E-state index contributed by atoms with van der Waals surface area (Å²) in [6, 6.07) is 8.23. The molecule has 0 radical (unpaired) electrons. The lowest BCUT2D eigenvalue weighted by Crippen LogP contribution is -2.20. The molecule has 21 heavy (non-hydrogen) atoms. The highest BCUT2D eigenvalue weighted by molar-refractivity contribution is 7.91. The van der Waals surface area contributed by atoms with Crippen molar-refractivity contribution in [2.45, 2.75) is 39.7 Å².